The monoisotopic (exact) mass is 251 g/mol. The van der Waals surface area contributed by atoms with Gasteiger partial charge >= 0.3 is 0 Å². The van der Waals surface area contributed by atoms with Crippen LogP contribution in [0.5, 0.6) is 0 Å². The van der Waals surface area contributed by atoms with Gasteiger partial charge in [0, 0.05) is 23.9 Å². The number of hydrogen-bond acceptors (Lipinski definition) is 4. The fraction of sp³-hybridized carbons (Fsp3) is 0.333. The standard InChI is InChI=1S/C12H14ClN3O/c1-8(7-17)6-14-12-10-5-3-2-4-9(10)11(13)15-16-12/h2-5,8,17H,6-7H2,1H3,(H,14,16). The number of benzene rings is 1. The molecule has 2 aromatic rings. The van der Waals surface area contributed by atoms with Crippen molar-refractivity contribution in [3.8, 4) is 0 Å². The van der Waals surface area contributed by atoms with Gasteiger partial charge in [-0.15, -0.1) is 10.2 Å². The van der Waals surface area contributed by atoms with Crippen LogP contribution in [0.4, 0.5) is 5.82 Å². The van der Waals surface area contributed by atoms with Crippen LogP contribution < -0.4 is 5.32 Å². The summed E-state index contributed by atoms with van der Waals surface area (Å²) in [4.78, 5) is 0. The van der Waals surface area contributed by atoms with Crippen molar-refractivity contribution in [2.75, 3.05) is 18.5 Å². The molecular formula is C12H14ClN3O. The third-order valence-corrected chi connectivity index (χ3v) is 2.85. The molecule has 0 spiro atoms. The molecule has 2 N–H and O–H groups in total. The molecular weight excluding hydrogens is 238 g/mol. The fourth-order valence-corrected chi connectivity index (χ4v) is 1.74. The van der Waals surface area contributed by atoms with Gasteiger partial charge in [0.25, 0.3) is 0 Å². The Kier molecular flexibility index (Phi) is 3.76. The van der Waals surface area contributed by atoms with Crippen molar-refractivity contribution in [1.29, 1.82) is 0 Å². The molecule has 5 heteroatoms. The van der Waals surface area contributed by atoms with Crippen LogP contribution in [0.1, 0.15) is 6.92 Å². The largest absolute Gasteiger partial charge is 0.396 e. The third-order valence-electron chi connectivity index (χ3n) is 2.57. The van der Waals surface area contributed by atoms with Crippen LogP contribution in [0.15, 0.2) is 24.3 Å². The normalized spacial score (nSPS) is 12.6. The van der Waals surface area contributed by atoms with E-state index >= 15 is 0 Å². The summed E-state index contributed by atoms with van der Waals surface area (Å²) in [5.41, 5.74) is 0. The molecule has 0 amide bonds. The molecule has 0 aliphatic heterocycles. The highest BCUT2D eigenvalue weighted by Crippen LogP contribution is 2.25. The Morgan fingerprint density at radius 3 is 2.71 bits per heavy atom. The summed E-state index contributed by atoms with van der Waals surface area (Å²) >= 11 is 5.98. The van der Waals surface area contributed by atoms with Crippen molar-refractivity contribution in [3.05, 3.63) is 29.4 Å². The molecule has 0 fully saturated rings. The molecule has 0 bridgehead atoms. The number of anilines is 1. The van der Waals surface area contributed by atoms with Crippen LogP contribution in [0.3, 0.4) is 0 Å². The van der Waals surface area contributed by atoms with Crippen LogP contribution in [0.25, 0.3) is 10.8 Å². The first kappa shape index (κ1) is 12.1. The lowest BCUT2D eigenvalue weighted by Crippen LogP contribution is -2.15. The summed E-state index contributed by atoms with van der Waals surface area (Å²) in [5.74, 6) is 0.872. The molecule has 1 heterocycles. The molecule has 0 radical (unpaired) electrons. The first-order chi connectivity index (χ1) is 8.22. The highest BCUT2D eigenvalue weighted by atomic mass is 35.5. The van der Waals surface area contributed by atoms with Gasteiger partial charge in [0.05, 0.1) is 0 Å². The topological polar surface area (TPSA) is 58.0 Å². The number of aliphatic hydroxyl groups excluding tert-OH is 1. The first-order valence-corrected chi connectivity index (χ1v) is 5.86. The zero-order valence-corrected chi connectivity index (χ0v) is 10.3. The van der Waals surface area contributed by atoms with E-state index in [1.165, 1.54) is 0 Å². The average Bonchev–Trinajstić information content (AvgIpc) is 2.38. The van der Waals surface area contributed by atoms with E-state index in [2.05, 4.69) is 15.5 Å². The van der Waals surface area contributed by atoms with Crippen LogP contribution in [-0.4, -0.2) is 28.5 Å². The van der Waals surface area contributed by atoms with Gasteiger partial charge < -0.3 is 10.4 Å². The van der Waals surface area contributed by atoms with Gasteiger partial charge in [-0.2, -0.15) is 0 Å². The minimum atomic E-state index is 0.145. The first-order valence-electron chi connectivity index (χ1n) is 5.48. The summed E-state index contributed by atoms with van der Waals surface area (Å²) in [6.07, 6.45) is 0. The zero-order chi connectivity index (χ0) is 12.3. The van der Waals surface area contributed by atoms with Gasteiger partial charge in [0.2, 0.25) is 0 Å². The lowest BCUT2D eigenvalue weighted by molar-refractivity contribution is 0.244. The molecule has 0 saturated carbocycles. The maximum Gasteiger partial charge on any atom is 0.159 e. The van der Waals surface area contributed by atoms with Crippen molar-refractivity contribution >= 4 is 28.2 Å². The van der Waals surface area contributed by atoms with Crippen LogP contribution in [-0.2, 0) is 0 Å². The number of rotatable bonds is 4. The minimum Gasteiger partial charge on any atom is -0.396 e. The average molecular weight is 252 g/mol. The molecule has 1 aromatic heterocycles. The maximum atomic E-state index is 8.97. The number of hydrogen-bond donors (Lipinski definition) is 2. The van der Waals surface area contributed by atoms with Crippen LogP contribution in [0.2, 0.25) is 5.15 Å². The summed E-state index contributed by atoms with van der Waals surface area (Å²) in [7, 11) is 0. The van der Waals surface area contributed by atoms with Gasteiger partial charge in [0.15, 0.2) is 11.0 Å². The van der Waals surface area contributed by atoms with Crippen molar-refractivity contribution in [3.63, 3.8) is 0 Å². The molecule has 4 nitrogen and oxygen atoms in total. The number of nitrogens with zero attached hydrogens (tertiary/aromatic N) is 2. The number of aromatic nitrogens is 2. The number of fused-ring (bicyclic) bond motifs is 1. The van der Waals surface area contributed by atoms with Gasteiger partial charge in [-0.05, 0) is 5.92 Å². The predicted octanol–water partition coefficient (Wildman–Crippen LogP) is 2.32. The smallest absolute Gasteiger partial charge is 0.159 e. The highest BCUT2D eigenvalue weighted by molar-refractivity contribution is 6.34. The molecule has 1 aromatic carbocycles. The third kappa shape index (κ3) is 2.65. The molecule has 2 rings (SSSR count). The Hall–Kier alpha value is -1.39. The Balaban J connectivity index is 2.32. The second kappa shape index (κ2) is 5.29. The van der Waals surface area contributed by atoms with Gasteiger partial charge in [-0.3, -0.25) is 0 Å². The highest BCUT2D eigenvalue weighted by Gasteiger charge is 2.07. The predicted molar refractivity (Wildman–Crippen MR) is 69.3 cm³/mol. The van der Waals surface area contributed by atoms with Crippen LogP contribution in [0, 0.1) is 5.92 Å². The number of halogens is 1. The Labute approximate surface area is 105 Å². The summed E-state index contributed by atoms with van der Waals surface area (Å²) in [5, 5.41) is 22.3. The second-order valence-electron chi connectivity index (χ2n) is 4.05. The van der Waals surface area contributed by atoms with Gasteiger partial charge in [-0.25, -0.2) is 0 Å². The van der Waals surface area contributed by atoms with Crippen molar-refractivity contribution in [2.45, 2.75) is 6.92 Å². The Bertz CT molecular complexity index is 518. The van der Waals surface area contributed by atoms with E-state index < -0.39 is 0 Å². The lowest BCUT2D eigenvalue weighted by Gasteiger charge is -2.11. The van der Waals surface area contributed by atoms with Gasteiger partial charge in [-0.1, -0.05) is 42.8 Å². The summed E-state index contributed by atoms with van der Waals surface area (Å²) in [6.45, 7) is 2.75. The fourth-order valence-electron chi connectivity index (χ4n) is 1.54. The van der Waals surface area contributed by atoms with E-state index in [-0.39, 0.29) is 12.5 Å². The molecule has 17 heavy (non-hydrogen) atoms. The number of aliphatic hydroxyl groups is 1. The maximum absolute atomic E-state index is 8.97. The van der Waals surface area contributed by atoms with E-state index in [0.29, 0.717) is 17.5 Å². The van der Waals surface area contributed by atoms with Crippen molar-refractivity contribution in [1.82, 2.24) is 10.2 Å². The van der Waals surface area contributed by atoms with E-state index in [9.17, 15) is 0 Å². The summed E-state index contributed by atoms with van der Waals surface area (Å²) < 4.78 is 0. The molecule has 1 atom stereocenters. The Morgan fingerprint density at radius 2 is 2.00 bits per heavy atom. The molecule has 0 aliphatic rings. The van der Waals surface area contributed by atoms with E-state index in [0.717, 1.165) is 10.8 Å². The minimum absolute atomic E-state index is 0.145. The Morgan fingerprint density at radius 1 is 1.29 bits per heavy atom. The zero-order valence-electron chi connectivity index (χ0n) is 9.52. The van der Waals surface area contributed by atoms with E-state index in [1.807, 2.05) is 31.2 Å². The quantitative estimate of drug-likeness (QED) is 0.876. The lowest BCUT2D eigenvalue weighted by atomic mass is 10.1. The number of nitrogens with one attached hydrogen (secondary N) is 1. The van der Waals surface area contributed by atoms with Crippen LogP contribution >= 0.6 is 11.6 Å². The van der Waals surface area contributed by atoms with E-state index in [4.69, 9.17) is 16.7 Å². The van der Waals surface area contributed by atoms with Crippen molar-refractivity contribution < 1.29 is 5.11 Å². The van der Waals surface area contributed by atoms with E-state index in [1.54, 1.807) is 0 Å². The second-order valence-corrected chi connectivity index (χ2v) is 4.41. The van der Waals surface area contributed by atoms with Gasteiger partial charge in [0.1, 0.15) is 0 Å². The molecule has 0 saturated heterocycles. The summed E-state index contributed by atoms with van der Waals surface area (Å²) in [6, 6.07) is 7.70. The molecule has 1 unspecified atom stereocenters. The SMILES string of the molecule is CC(CO)CNc1nnc(Cl)c2ccccc12. The molecule has 0 aliphatic carbocycles. The molecule has 90 valence electrons. The van der Waals surface area contributed by atoms with Crippen molar-refractivity contribution in [2.24, 2.45) is 5.92 Å².